The summed E-state index contributed by atoms with van der Waals surface area (Å²) in [6.07, 6.45) is -8.97. The summed E-state index contributed by atoms with van der Waals surface area (Å²) < 4.78 is 102. The Morgan fingerprint density at radius 1 is 1.05 bits per heavy atom. The minimum atomic E-state index is -5.08. The van der Waals surface area contributed by atoms with Gasteiger partial charge in [-0.05, 0) is 33.2 Å². The number of carboxylic acids is 2. The van der Waals surface area contributed by atoms with Gasteiger partial charge in [-0.25, -0.2) is 9.59 Å². The number of oxime groups is 1. The molecule has 0 radical (unpaired) electrons. The number of carbonyl (C=O) groups is 3. The van der Waals surface area contributed by atoms with Gasteiger partial charge in [0.2, 0.25) is 0 Å². The van der Waals surface area contributed by atoms with E-state index < -0.39 is 48.5 Å². The minimum Gasteiger partial charge on any atom is -0.475 e. The molecule has 41 heavy (non-hydrogen) atoms. The lowest BCUT2D eigenvalue weighted by atomic mass is 9.88. The largest absolute Gasteiger partial charge is 0.490 e. The summed E-state index contributed by atoms with van der Waals surface area (Å²) in [4.78, 5) is 37.4. The Morgan fingerprint density at radius 2 is 1.59 bits per heavy atom. The third-order valence-corrected chi connectivity index (χ3v) is 5.24. The second-order valence-electron chi connectivity index (χ2n) is 9.13. The van der Waals surface area contributed by atoms with Crippen molar-refractivity contribution >= 4 is 23.6 Å². The average molecular weight is 615 g/mol. The predicted molar refractivity (Wildman–Crippen MR) is 119 cm³/mol. The number of amides is 1. The average Bonchev–Trinajstić information content (AvgIpc) is 3.44. The highest BCUT2D eigenvalue weighted by Gasteiger charge is 2.45. The molecule has 1 aromatic heterocycles. The Balaban J connectivity index is 0.000000497. The molecule has 0 bridgehead atoms. The normalized spacial score (nSPS) is 19.4. The van der Waals surface area contributed by atoms with Gasteiger partial charge in [0.25, 0.3) is 5.91 Å². The number of alkyl halides is 9. The van der Waals surface area contributed by atoms with Crippen molar-refractivity contribution in [3.05, 3.63) is 18.0 Å². The lowest BCUT2D eigenvalue weighted by Crippen LogP contribution is -2.48. The number of halogens is 9. The Kier molecular flexibility index (Phi) is 12.0. The van der Waals surface area contributed by atoms with Crippen molar-refractivity contribution in [3.63, 3.8) is 0 Å². The van der Waals surface area contributed by atoms with Crippen LogP contribution in [-0.4, -0.2) is 92.2 Å². The molecule has 3 rings (SSSR count). The molecule has 1 fully saturated rings. The number of piperidine rings is 1. The standard InChI is InChI=1S/C17H24F3N5O2.2C2HF3O2/c1-12(2)25-9-13(7-22-25)8-24-5-3-4-16(11-24)6-14(23-27-16)15(26)21-10-17(18,19)20;2*3-2(4,5)1(6)7/h7,9,12H,3-6,8,10-11H2,1-2H3,(H,21,26);2*(H,6,7). The van der Waals surface area contributed by atoms with Crippen LogP contribution in [0.25, 0.3) is 0 Å². The Labute approximate surface area is 225 Å². The van der Waals surface area contributed by atoms with E-state index in [0.717, 1.165) is 18.5 Å². The fourth-order valence-corrected chi connectivity index (χ4v) is 3.47. The van der Waals surface area contributed by atoms with Crippen molar-refractivity contribution in [1.82, 2.24) is 20.0 Å². The van der Waals surface area contributed by atoms with Crippen molar-refractivity contribution in [3.8, 4) is 0 Å². The molecule has 11 nitrogen and oxygen atoms in total. The number of likely N-dealkylation sites (tertiary alicyclic amines) is 1. The molecule has 0 aromatic carbocycles. The van der Waals surface area contributed by atoms with Crippen molar-refractivity contribution in [2.75, 3.05) is 19.6 Å². The highest BCUT2D eigenvalue weighted by Crippen LogP contribution is 2.34. The molecule has 20 heteroatoms. The van der Waals surface area contributed by atoms with E-state index in [1.165, 1.54) is 0 Å². The number of nitrogens with zero attached hydrogens (tertiary/aromatic N) is 4. The summed E-state index contributed by atoms with van der Waals surface area (Å²) in [6, 6.07) is 0.288. The highest BCUT2D eigenvalue weighted by atomic mass is 19.4. The van der Waals surface area contributed by atoms with Crippen molar-refractivity contribution in [1.29, 1.82) is 0 Å². The van der Waals surface area contributed by atoms with Gasteiger partial charge in [-0.3, -0.25) is 14.4 Å². The first-order chi connectivity index (χ1) is 18.5. The maximum absolute atomic E-state index is 12.3. The van der Waals surface area contributed by atoms with Crippen LogP contribution >= 0.6 is 0 Å². The first-order valence-electron chi connectivity index (χ1n) is 11.5. The number of aliphatic carboxylic acids is 2. The fraction of sp³-hybridized carbons (Fsp3) is 0.667. The van der Waals surface area contributed by atoms with Crippen molar-refractivity contribution < 1.29 is 68.9 Å². The van der Waals surface area contributed by atoms with Gasteiger partial charge in [-0.2, -0.15) is 44.6 Å². The van der Waals surface area contributed by atoms with Gasteiger partial charge in [-0.15, -0.1) is 0 Å². The highest BCUT2D eigenvalue weighted by molar-refractivity contribution is 6.39. The monoisotopic (exact) mass is 615 g/mol. The quantitative estimate of drug-likeness (QED) is 0.427. The van der Waals surface area contributed by atoms with Crippen LogP contribution in [0, 0.1) is 0 Å². The molecule has 1 atom stereocenters. The first kappa shape index (κ1) is 35.4. The molecule has 1 saturated heterocycles. The first-order valence-corrected chi connectivity index (χ1v) is 11.5. The van der Waals surface area contributed by atoms with Gasteiger partial charge >= 0.3 is 30.5 Å². The van der Waals surface area contributed by atoms with E-state index in [-0.39, 0.29) is 18.2 Å². The van der Waals surface area contributed by atoms with E-state index in [0.29, 0.717) is 19.5 Å². The molecule has 1 unspecified atom stereocenters. The molecule has 234 valence electrons. The minimum absolute atomic E-state index is 0.0220. The predicted octanol–water partition coefficient (Wildman–Crippen LogP) is 3.52. The van der Waals surface area contributed by atoms with Gasteiger partial charge in [0.1, 0.15) is 12.3 Å². The summed E-state index contributed by atoms with van der Waals surface area (Å²) in [5.74, 6) is -6.33. The maximum atomic E-state index is 12.3. The second-order valence-corrected chi connectivity index (χ2v) is 9.13. The van der Waals surface area contributed by atoms with Crippen LogP contribution in [0.3, 0.4) is 0 Å². The zero-order valence-corrected chi connectivity index (χ0v) is 21.4. The third-order valence-electron chi connectivity index (χ3n) is 5.24. The van der Waals surface area contributed by atoms with E-state index >= 15 is 0 Å². The molecule has 3 N–H and O–H groups in total. The fourth-order valence-electron chi connectivity index (χ4n) is 3.47. The van der Waals surface area contributed by atoms with Gasteiger partial charge in [0.05, 0.1) is 6.20 Å². The smallest absolute Gasteiger partial charge is 0.475 e. The topological polar surface area (TPSA) is 146 Å². The summed E-state index contributed by atoms with van der Waals surface area (Å²) in [7, 11) is 0. The lowest BCUT2D eigenvalue weighted by Gasteiger charge is -2.38. The number of carbonyl (C=O) groups excluding carboxylic acids is 1. The molecule has 0 saturated carbocycles. The SMILES string of the molecule is CC(C)n1cc(CN2CCCC3(CC(C(=O)NCC(F)(F)F)=NO3)C2)cn1.O=C(O)C(F)(F)F.O=C(O)C(F)(F)F. The van der Waals surface area contributed by atoms with E-state index in [1.807, 2.05) is 22.4 Å². The van der Waals surface area contributed by atoms with Gasteiger partial charge in [0.15, 0.2) is 5.60 Å². The zero-order valence-electron chi connectivity index (χ0n) is 21.4. The van der Waals surface area contributed by atoms with Crippen LogP contribution in [0.5, 0.6) is 0 Å². The lowest BCUT2D eigenvalue weighted by molar-refractivity contribution is -0.193. The number of nitrogens with one attached hydrogen (secondary N) is 1. The molecule has 3 heterocycles. The molecule has 1 spiro atoms. The third kappa shape index (κ3) is 12.6. The Bertz CT molecular complexity index is 1060. The van der Waals surface area contributed by atoms with Crippen LogP contribution in [0.4, 0.5) is 39.5 Å². The molecule has 2 aliphatic rings. The van der Waals surface area contributed by atoms with Gasteiger partial charge < -0.3 is 20.4 Å². The van der Waals surface area contributed by atoms with Gasteiger partial charge in [-0.1, -0.05) is 5.16 Å². The van der Waals surface area contributed by atoms with E-state index in [1.54, 1.807) is 0 Å². The Hall–Kier alpha value is -3.58. The number of carboxylic acid groups (broad SMARTS) is 2. The van der Waals surface area contributed by atoms with Crippen molar-refractivity contribution in [2.24, 2.45) is 5.16 Å². The van der Waals surface area contributed by atoms with Crippen LogP contribution in [0.15, 0.2) is 17.5 Å². The van der Waals surface area contributed by atoms with Crippen LogP contribution in [0.2, 0.25) is 0 Å². The summed E-state index contributed by atoms with van der Waals surface area (Å²) in [5, 5.41) is 24.2. The maximum Gasteiger partial charge on any atom is 0.490 e. The van der Waals surface area contributed by atoms with Crippen LogP contribution in [0.1, 0.15) is 44.7 Å². The molecular weight excluding hydrogens is 589 g/mol. The molecular formula is C21H26F9N5O6. The van der Waals surface area contributed by atoms with E-state index in [9.17, 15) is 44.3 Å². The summed E-state index contributed by atoms with van der Waals surface area (Å²) in [6.45, 7) is 4.90. The summed E-state index contributed by atoms with van der Waals surface area (Å²) in [5.41, 5.74) is 0.466. The number of rotatable bonds is 5. The second kappa shape index (κ2) is 13.9. The number of aromatic nitrogens is 2. The summed E-state index contributed by atoms with van der Waals surface area (Å²) >= 11 is 0. The van der Waals surface area contributed by atoms with E-state index in [2.05, 4.69) is 29.0 Å². The van der Waals surface area contributed by atoms with Crippen LogP contribution < -0.4 is 5.32 Å². The molecule has 2 aliphatic heterocycles. The number of hydrogen-bond donors (Lipinski definition) is 3. The number of hydrogen-bond acceptors (Lipinski definition) is 7. The van der Waals surface area contributed by atoms with E-state index in [4.69, 9.17) is 24.6 Å². The molecule has 1 amide bonds. The van der Waals surface area contributed by atoms with Crippen molar-refractivity contribution in [2.45, 2.75) is 69.8 Å². The molecule has 1 aromatic rings. The zero-order chi connectivity index (χ0) is 31.8. The Morgan fingerprint density at radius 3 is 2.02 bits per heavy atom. The van der Waals surface area contributed by atoms with Crippen LogP contribution in [-0.2, 0) is 25.8 Å². The van der Waals surface area contributed by atoms with Gasteiger partial charge in [0, 0.05) is 37.3 Å². The molecule has 0 aliphatic carbocycles.